The number of carbonyl (C=O) groups is 1. The Morgan fingerprint density at radius 3 is 2.95 bits per heavy atom. The topological polar surface area (TPSA) is 55.6 Å². The molecule has 2 rings (SSSR count). The van der Waals surface area contributed by atoms with E-state index in [-0.39, 0.29) is 6.09 Å². The number of nitrogens with two attached hydrogens (primary N) is 1. The van der Waals surface area contributed by atoms with Crippen molar-refractivity contribution < 1.29 is 9.53 Å². The number of ether oxygens (including phenoxy) is 1. The van der Waals surface area contributed by atoms with Crippen LogP contribution in [0, 0.1) is 0 Å². The first-order valence-corrected chi connectivity index (χ1v) is 8.22. The molecule has 4 nitrogen and oxygen atoms in total. The normalized spacial score (nSPS) is 18.2. The fourth-order valence-electron chi connectivity index (χ4n) is 2.35. The Balaban J connectivity index is 1.78. The van der Waals surface area contributed by atoms with Gasteiger partial charge in [0.05, 0.1) is 0 Å². The molecular weight excluding hydrogens is 272 g/mol. The molecule has 1 aromatic rings. The lowest BCUT2D eigenvalue weighted by molar-refractivity contribution is 0.0950. The minimum atomic E-state index is -0.190. The maximum atomic E-state index is 12.1. The number of carbonyl (C=O) groups excluding carboxylic acids is 1. The Morgan fingerprint density at radius 1 is 1.40 bits per heavy atom. The third-order valence-electron chi connectivity index (χ3n) is 3.39. The predicted octanol–water partition coefficient (Wildman–Crippen LogP) is 2.48. The lowest BCUT2D eigenvalue weighted by atomic mass is 10.2. The van der Waals surface area contributed by atoms with Gasteiger partial charge in [0.25, 0.3) is 0 Å². The van der Waals surface area contributed by atoms with Crippen LogP contribution < -0.4 is 5.73 Å². The molecular formula is C15H22N2O2S. The molecule has 1 heterocycles. The van der Waals surface area contributed by atoms with Crippen molar-refractivity contribution in [1.29, 1.82) is 0 Å². The quantitative estimate of drug-likeness (QED) is 0.819. The van der Waals surface area contributed by atoms with Crippen LogP contribution in [0.25, 0.3) is 0 Å². The molecule has 0 saturated carbocycles. The molecule has 1 fully saturated rings. The summed E-state index contributed by atoms with van der Waals surface area (Å²) in [5.74, 6) is 1.90. The summed E-state index contributed by atoms with van der Waals surface area (Å²) in [4.78, 5) is 14.0. The van der Waals surface area contributed by atoms with Crippen LogP contribution in [0.3, 0.4) is 0 Å². The Kier molecular flexibility index (Phi) is 6.21. The minimum absolute atomic E-state index is 0.190. The third-order valence-corrected chi connectivity index (χ3v) is 4.53. The van der Waals surface area contributed by atoms with E-state index in [2.05, 4.69) is 0 Å². The maximum absolute atomic E-state index is 12.1. The maximum Gasteiger partial charge on any atom is 0.410 e. The average molecular weight is 294 g/mol. The second-order valence-corrected chi connectivity index (χ2v) is 6.04. The zero-order chi connectivity index (χ0) is 14.2. The standard InChI is InChI=1S/C15H22N2O2S/c16-8-10-20-12-14-7-4-9-17(14)15(18)19-11-13-5-2-1-3-6-13/h1-3,5-6,14H,4,7-12,16H2/t14-/m0/s1. The number of rotatable bonds is 6. The number of benzene rings is 1. The molecule has 1 aromatic carbocycles. The summed E-state index contributed by atoms with van der Waals surface area (Å²) >= 11 is 1.81. The van der Waals surface area contributed by atoms with Crippen LogP contribution in [0.4, 0.5) is 4.79 Å². The molecule has 0 unspecified atom stereocenters. The number of nitrogens with zero attached hydrogens (tertiary/aromatic N) is 1. The van der Waals surface area contributed by atoms with Crippen molar-refractivity contribution in [3.63, 3.8) is 0 Å². The van der Waals surface area contributed by atoms with Crippen LogP contribution in [-0.2, 0) is 11.3 Å². The van der Waals surface area contributed by atoms with Crippen LogP contribution in [0.1, 0.15) is 18.4 Å². The van der Waals surface area contributed by atoms with E-state index >= 15 is 0 Å². The monoisotopic (exact) mass is 294 g/mol. The Bertz CT molecular complexity index is 414. The van der Waals surface area contributed by atoms with E-state index in [1.54, 1.807) is 0 Å². The highest BCUT2D eigenvalue weighted by Gasteiger charge is 2.29. The summed E-state index contributed by atoms with van der Waals surface area (Å²) < 4.78 is 5.40. The van der Waals surface area contributed by atoms with E-state index in [0.717, 1.165) is 36.5 Å². The third kappa shape index (κ3) is 4.42. The van der Waals surface area contributed by atoms with Crippen molar-refractivity contribution in [2.45, 2.75) is 25.5 Å². The van der Waals surface area contributed by atoms with Crippen LogP contribution in [0.2, 0.25) is 0 Å². The zero-order valence-electron chi connectivity index (χ0n) is 11.7. The van der Waals surface area contributed by atoms with Gasteiger partial charge in [-0.2, -0.15) is 11.8 Å². The lowest BCUT2D eigenvalue weighted by Crippen LogP contribution is -2.37. The molecule has 0 bridgehead atoms. The average Bonchev–Trinajstić information content (AvgIpc) is 2.95. The van der Waals surface area contributed by atoms with Crippen LogP contribution in [-0.4, -0.2) is 41.6 Å². The first-order valence-electron chi connectivity index (χ1n) is 7.06. The molecule has 2 N–H and O–H groups in total. The van der Waals surface area contributed by atoms with Gasteiger partial charge in [0.15, 0.2) is 0 Å². The van der Waals surface area contributed by atoms with E-state index in [4.69, 9.17) is 10.5 Å². The minimum Gasteiger partial charge on any atom is -0.445 e. The Hall–Kier alpha value is -1.20. The largest absolute Gasteiger partial charge is 0.445 e. The van der Waals surface area contributed by atoms with Crippen molar-refractivity contribution in [3.8, 4) is 0 Å². The number of likely N-dealkylation sites (tertiary alicyclic amines) is 1. The van der Waals surface area contributed by atoms with Crippen molar-refractivity contribution in [1.82, 2.24) is 4.90 Å². The molecule has 1 aliphatic heterocycles. The van der Waals surface area contributed by atoms with Gasteiger partial charge in [-0.1, -0.05) is 30.3 Å². The van der Waals surface area contributed by atoms with E-state index < -0.39 is 0 Å². The van der Waals surface area contributed by atoms with Crippen molar-refractivity contribution >= 4 is 17.9 Å². The number of amides is 1. The molecule has 110 valence electrons. The molecule has 0 radical (unpaired) electrons. The van der Waals surface area contributed by atoms with E-state index in [0.29, 0.717) is 19.2 Å². The number of hydrogen-bond donors (Lipinski definition) is 1. The van der Waals surface area contributed by atoms with Crippen molar-refractivity contribution in [2.75, 3.05) is 24.6 Å². The molecule has 0 aromatic heterocycles. The highest BCUT2D eigenvalue weighted by atomic mass is 32.2. The Morgan fingerprint density at radius 2 is 2.20 bits per heavy atom. The Labute approximate surface area is 124 Å². The first-order chi connectivity index (χ1) is 9.81. The van der Waals surface area contributed by atoms with Gasteiger partial charge >= 0.3 is 6.09 Å². The second kappa shape index (κ2) is 8.17. The van der Waals surface area contributed by atoms with Crippen LogP contribution in [0.5, 0.6) is 0 Å². The molecule has 1 aliphatic rings. The van der Waals surface area contributed by atoms with Crippen LogP contribution in [0.15, 0.2) is 30.3 Å². The SMILES string of the molecule is NCCSC[C@@H]1CCCN1C(=O)OCc1ccccc1. The van der Waals surface area contributed by atoms with Gasteiger partial charge in [-0.05, 0) is 18.4 Å². The number of thioether (sulfide) groups is 1. The summed E-state index contributed by atoms with van der Waals surface area (Å²) in [7, 11) is 0. The van der Waals surface area contributed by atoms with E-state index in [1.807, 2.05) is 47.0 Å². The van der Waals surface area contributed by atoms with Gasteiger partial charge in [0.1, 0.15) is 6.61 Å². The van der Waals surface area contributed by atoms with Gasteiger partial charge < -0.3 is 15.4 Å². The van der Waals surface area contributed by atoms with Crippen LogP contribution >= 0.6 is 11.8 Å². The fraction of sp³-hybridized carbons (Fsp3) is 0.533. The lowest BCUT2D eigenvalue weighted by Gasteiger charge is -2.23. The number of hydrogen-bond acceptors (Lipinski definition) is 4. The highest BCUT2D eigenvalue weighted by Crippen LogP contribution is 2.22. The van der Waals surface area contributed by atoms with Gasteiger partial charge in [-0.25, -0.2) is 4.79 Å². The predicted molar refractivity (Wildman–Crippen MR) is 82.7 cm³/mol. The van der Waals surface area contributed by atoms with E-state index in [1.165, 1.54) is 0 Å². The van der Waals surface area contributed by atoms with Crippen molar-refractivity contribution in [3.05, 3.63) is 35.9 Å². The van der Waals surface area contributed by atoms with Gasteiger partial charge in [0, 0.05) is 30.6 Å². The first kappa shape index (κ1) is 15.2. The molecule has 5 heteroatoms. The summed E-state index contributed by atoms with van der Waals surface area (Å²) in [6.45, 7) is 1.84. The smallest absolute Gasteiger partial charge is 0.410 e. The summed E-state index contributed by atoms with van der Waals surface area (Å²) in [6, 6.07) is 10.1. The van der Waals surface area contributed by atoms with Gasteiger partial charge in [-0.15, -0.1) is 0 Å². The molecule has 20 heavy (non-hydrogen) atoms. The van der Waals surface area contributed by atoms with Gasteiger partial charge in [0.2, 0.25) is 0 Å². The molecule has 0 aliphatic carbocycles. The highest BCUT2D eigenvalue weighted by molar-refractivity contribution is 7.99. The molecule has 1 atom stereocenters. The van der Waals surface area contributed by atoms with E-state index in [9.17, 15) is 4.79 Å². The summed E-state index contributed by atoms with van der Waals surface area (Å²) in [6.07, 6.45) is 1.94. The molecule has 1 saturated heterocycles. The summed E-state index contributed by atoms with van der Waals surface area (Å²) in [5, 5.41) is 0. The molecule has 1 amide bonds. The van der Waals surface area contributed by atoms with Crippen molar-refractivity contribution in [2.24, 2.45) is 5.73 Å². The molecule has 0 spiro atoms. The summed E-state index contributed by atoms with van der Waals surface area (Å²) in [5.41, 5.74) is 6.52. The fourth-order valence-corrected chi connectivity index (χ4v) is 3.31. The zero-order valence-corrected chi connectivity index (χ0v) is 12.5. The second-order valence-electron chi connectivity index (χ2n) is 4.89. The van der Waals surface area contributed by atoms with Gasteiger partial charge in [-0.3, -0.25) is 0 Å².